The zero-order valence-corrected chi connectivity index (χ0v) is 9.18. The summed E-state index contributed by atoms with van der Waals surface area (Å²) in [5.41, 5.74) is 0.442. The van der Waals surface area contributed by atoms with Crippen LogP contribution in [0.5, 0.6) is 0 Å². The Morgan fingerprint density at radius 2 is 2.27 bits per heavy atom. The summed E-state index contributed by atoms with van der Waals surface area (Å²) in [6.45, 7) is 0.542. The second-order valence-corrected chi connectivity index (χ2v) is 3.56. The number of rotatable bonds is 5. The summed E-state index contributed by atoms with van der Waals surface area (Å²) in [5.74, 6) is -0.556. The minimum absolute atomic E-state index is 0.0207. The third-order valence-corrected chi connectivity index (χ3v) is 2.28. The fraction of sp³-hybridized carbons (Fsp3) is 0.364. The molecule has 1 rings (SSSR count). The van der Waals surface area contributed by atoms with E-state index < -0.39 is 5.82 Å². The van der Waals surface area contributed by atoms with E-state index in [2.05, 4.69) is 0 Å². The second-order valence-electron chi connectivity index (χ2n) is 3.15. The fourth-order valence-electron chi connectivity index (χ4n) is 1.19. The first-order valence-electron chi connectivity index (χ1n) is 4.62. The number of methoxy groups -OCH3 is 1. The topological polar surface area (TPSA) is 26.3 Å². The quantitative estimate of drug-likeness (QED) is 0.574. The first-order chi connectivity index (χ1) is 7.15. The van der Waals surface area contributed by atoms with Crippen molar-refractivity contribution in [3.05, 3.63) is 34.6 Å². The smallest absolute Gasteiger partial charge is 0.163 e. The van der Waals surface area contributed by atoms with Gasteiger partial charge in [-0.3, -0.25) is 4.79 Å². The summed E-state index contributed by atoms with van der Waals surface area (Å²) in [5, 5.41) is -0.0207. The second kappa shape index (κ2) is 5.83. The number of halogens is 2. The largest absolute Gasteiger partial charge is 0.385 e. The summed E-state index contributed by atoms with van der Waals surface area (Å²) >= 11 is 5.57. The number of ketones is 1. The van der Waals surface area contributed by atoms with Gasteiger partial charge in [-0.15, -0.1) is 0 Å². The van der Waals surface area contributed by atoms with E-state index in [-0.39, 0.29) is 10.8 Å². The Kier molecular flexibility index (Phi) is 4.72. The third kappa shape index (κ3) is 3.61. The number of Topliss-reactive ketones (excluding diaryl/α,β-unsaturated/α-hetero) is 1. The lowest BCUT2D eigenvalue weighted by Crippen LogP contribution is -2.01. The van der Waals surface area contributed by atoms with Crippen molar-refractivity contribution in [2.24, 2.45) is 0 Å². The molecule has 0 unspecified atom stereocenters. The van der Waals surface area contributed by atoms with Crippen molar-refractivity contribution in [2.45, 2.75) is 12.8 Å². The van der Waals surface area contributed by atoms with Crippen LogP contribution in [0.15, 0.2) is 18.2 Å². The normalized spacial score (nSPS) is 10.3. The lowest BCUT2D eigenvalue weighted by atomic mass is 10.1. The van der Waals surface area contributed by atoms with Gasteiger partial charge in [0.2, 0.25) is 0 Å². The van der Waals surface area contributed by atoms with E-state index in [0.29, 0.717) is 25.0 Å². The van der Waals surface area contributed by atoms with Crippen LogP contribution in [-0.2, 0) is 4.74 Å². The highest BCUT2D eigenvalue weighted by molar-refractivity contribution is 6.31. The maximum Gasteiger partial charge on any atom is 0.163 e. The van der Waals surface area contributed by atoms with Gasteiger partial charge in [-0.1, -0.05) is 11.6 Å². The first-order valence-corrected chi connectivity index (χ1v) is 5.00. The lowest BCUT2D eigenvalue weighted by Gasteiger charge is -2.01. The maximum absolute atomic E-state index is 12.8. The third-order valence-electron chi connectivity index (χ3n) is 1.99. The predicted molar refractivity (Wildman–Crippen MR) is 56.9 cm³/mol. The SMILES string of the molecule is COCCCC(=O)c1ccc(F)c(Cl)c1. The highest BCUT2D eigenvalue weighted by Crippen LogP contribution is 2.17. The van der Waals surface area contributed by atoms with Crippen molar-refractivity contribution >= 4 is 17.4 Å². The highest BCUT2D eigenvalue weighted by atomic mass is 35.5. The molecule has 0 saturated carbocycles. The summed E-state index contributed by atoms with van der Waals surface area (Å²) in [7, 11) is 1.58. The molecule has 2 nitrogen and oxygen atoms in total. The van der Waals surface area contributed by atoms with Crippen molar-refractivity contribution in [1.29, 1.82) is 0 Å². The molecule has 0 heterocycles. The molecule has 0 aliphatic rings. The molecule has 0 aliphatic heterocycles. The molecule has 0 radical (unpaired) electrons. The van der Waals surface area contributed by atoms with Gasteiger partial charge in [-0.25, -0.2) is 4.39 Å². The molecule has 82 valence electrons. The van der Waals surface area contributed by atoms with Crippen molar-refractivity contribution in [3.8, 4) is 0 Å². The number of hydrogen-bond donors (Lipinski definition) is 0. The van der Waals surface area contributed by atoms with Crippen molar-refractivity contribution < 1.29 is 13.9 Å². The van der Waals surface area contributed by atoms with E-state index in [1.807, 2.05) is 0 Å². The summed E-state index contributed by atoms with van der Waals surface area (Å²) in [6.07, 6.45) is 1.04. The molecule has 0 aliphatic carbocycles. The number of hydrogen-bond acceptors (Lipinski definition) is 2. The Morgan fingerprint density at radius 3 is 2.87 bits per heavy atom. The minimum Gasteiger partial charge on any atom is -0.385 e. The Balaban J connectivity index is 2.62. The molecule has 1 aromatic rings. The zero-order valence-electron chi connectivity index (χ0n) is 8.43. The average molecular weight is 231 g/mol. The number of carbonyl (C=O) groups is 1. The van der Waals surface area contributed by atoms with E-state index in [4.69, 9.17) is 16.3 Å². The zero-order chi connectivity index (χ0) is 11.3. The molecule has 0 spiro atoms. The number of carbonyl (C=O) groups excluding carboxylic acids is 1. The summed E-state index contributed by atoms with van der Waals surface area (Å²) in [4.78, 5) is 11.5. The van der Waals surface area contributed by atoms with Crippen LogP contribution < -0.4 is 0 Å². The molecule has 0 aromatic heterocycles. The van der Waals surface area contributed by atoms with Gasteiger partial charge < -0.3 is 4.74 Å². The number of benzene rings is 1. The van der Waals surface area contributed by atoms with E-state index in [9.17, 15) is 9.18 Å². The molecule has 1 aromatic carbocycles. The average Bonchev–Trinajstić information content (AvgIpc) is 2.22. The van der Waals surface area contributed by atoms with Gasteiger partial charge in [0.05, 0.1) is 5.02 Å². The molecular formula is C11H12ClFO2. The van der Waals surface area contributed by atoms with Gasteiger partial charge in [-0.05, 0) is 24.6 Å². The molecule has 0 atom stereocenters. The first kappa shape index (κ1) is 12.1. The maximum atomic E-state index is 12.8. The van der Waals surface area contributed by atoms with Crippen LogP contribution in [0.1, 0.15) is 23.2 Å². The van der Waals surface area contributed by atoms with E-state index >= 15 is 0 Å². The number of ether oxygens (including phenoxy) is 1. The molecule has 0 N–H and O–H groups in total. The predicted octanol–water partition coefficient (Wildman–Crippen LogP) is 3.09. The van der Waals surface area contributed by atoms with Crippen molar-refractivity contribution in [2.75, 3.05) is 13.7 Å². The standard InChI is InChI=1S/C11H12ClFO2/c1-15-6-2-3-11(14)8-4-5-10(13)9(12)7-8/h4-5,7H,2-3,6H2,1H3. The van der Waals surface area contributed by atoms with Crippen molar-refractivity contribution in [3.63, 3.8) is 0 Å². The summed E-state index contributed by atoms with van der Waals surface area (Å²) < 4.78 is 17.6. The molecular weight excluding hydrogens is 219 g/mol. The Hall–Kier alpha value is -0.930. The van der Waals surface area contributed by atoms with Crippen LogP contribution in [0.2, 0.25) is 5.02 Å². The van der Waals surface area contributed by atoms with Crippen LogP contribution in [0.3, 0.4) is 0 Å². The van der Waals surface area contributed by atoms with E-state index in [1.54, 1.807) is 7.11 Å². The van der Waals surface area contributed by atoms with Gasteiger partial charge in [-0.2, -0.15) is 0 Å². The van der Waals surface area contributed by atoms with E-state index in [0.717, 1.165) is 0 Å². The van der Waals surface area contributed by atoms with Gasteiger partial charge in [0.25, 0.3) is 0 Å². The molecule has 0 amide bonds. The van der Waals surface area contributed by atoms with Gasteiger partial charge >= 0.3 is 0 Å². The molecule has 0 bridgehead atoms. The lowest BCUT2D eigenvalue weighted by molar-refractivity contribution is 0.0963. The summed E-state index contributed by atoms with van der Waals surface area (Å²) in [6, 6.07) is 3.99. The molecule has 0 saturated heterocycles. The van der Waals surface area contributed by atoms with Crippen molar-refractivity contribution in [1.82, 2.24) is 0 Å². The Bertz CT molecular complexity index is 352. The van der Waals surface area contributed by atoms with Gasteiger partial charge in [0, 0.05) is 25.7 Å². The Morgan fingerprint density at radius 1 is 1.53 bits per heavy atom. The Labute approximate surface area is 93.0 Å². The minimum atomic E-state index is -0.509. The van der Waals surface area contributed by atoms with Crippen LogP contribution >= 0.6 is 11.6 Å². The van der Waals surface area contributed by atoms with E-state index in [1.165, 1.54) is 18.2 Å². The molecule has 0 fully saturated rings. The molecule has 15 heavy (non-hydrogen) atoms. The highest BCUT2D eigenvalue weighted by Gasteiger charge is 2.08. The van der Waals surface area contributed by atoms with Crippen LogP contribution in [-0.4, -0.2) is 19.5 Å². The van der Waals surface area contributed by atoms with Gasteiger partial charge in [0.15, 0.2) is 5.78 Å². The van der Waals surface area contributed by atoms with Crippen LogP contribution in [0, 0.1) is 5.82 Å². The van der Waals surface area contributed by atoms with Gasteiger partial charge in [0.1, 0.15) is 5.82 Å². The van der Waals surface area contributed by atoms with Crippen LogP contribution in [0.25, 0.3) is 0 Å². The monoisotopic (exact) mass is 230 g/mol. The van der Waals surface area contributed by atoms with Crippen LogP contribution in [0.4, 0.5) is 4.39 Å². The fourth-order valence-corrected chi connectivity index (χ4v) is 1.37. The molecule has 4 heteroatoms.